The Morgan fingerprint density at radius 2 is 2.53 bits per heavy atom. The third-order valence-electron chi connectivity index (χ3n) is 3.07. The molecule has 2 heterocycles. The van der Waals surface area contributed by atoms with Crippen LogP contribution in [0.25, 0.3) is 0 Å². The fourth-order valence-corrected chi connectivity index (χ4v) is 3.49. The number of nitrogens with two attached hydrogens (primary N) is 1. The van der Waals surface area contributed by atoms with Gasteiger partial charge in [0.25, 0.3) is 0 Å². The van der Waals surface area contributed by atoms with E-state index in [0.29, 0.717) is 12.0 Å². The largest absolute Gasteiger partial charge is 0.378 e. The van der Waals surface area contributed by atoms with E-state index in [2.05, 4.69) is 6.92 Å². The summed E-state index contributed by atoms with van der Waals surface area (Å²) in [6.45, 7) is 2.98. The lowest BCUT2D eigenvalue weighted by molar-refractivity contribution is 0.0816. The summed E-state index contributed by atoms with van der Waals surface area (Å²) < 4.78 is 5.66. The first-order chi connectivity index (χ1) is 7.24. The molecule has 1 fully saturated rings. The molecule has 3 unspecified atom stereocenters. The molecule has 0 aliphatic carbocycles. The zero-order chi connectivity index (χ0) is 10.8. The summed E-state index contributed by atoms with van der Waals surface area (Å²) in [6, 6.07) is 1.95. The van der Waals surface area contributed by atoms with Crippen molar-refractivity contribution in [1.82, 2.24) is 0 Å². The third kappa shape index (κ3) is 2.21. The fourth-order valence-electron chi connectivity index (χ4n) is 2.23. The van der Waals surface area contributed by atoms with Crippen molar-refractivity contribution in [2.45, 2.75) is 31.9 Å². The number of rotatable bonds is 3. The Kier molecular flexibility index (Phi) is 3.67. The van der Waals surface area contributed by atoms with E-state index in [-0.39, 0.29) is 6.04 Å². The van der Waals surface area contributed by atoms with E-state index in [1.807, 2.05) is 11.4 Å². The summed E-state index contributed by atoms with van der Waals surface area (Å²) in [6.07, 6.45) is 2.38. The summed E-state index contributed by atoms with van der Waals surface area (Å²) in [7, 11) is 0. The Labute approximate surface area is 99.4 Å². The van der Waals surface area contributed by atoms with E-state index < -0.39 is 0 Å². The van der Waals surface area contributed by atoms with Gasteiger partial charge in [0, 0.05) is 23.4 Å². The first-order valence-electron chi connectivity index (χ1n) is 5.34. The number of ether oxygens (including phenoxy) is 1. The van der Waals surface area contributed by atoms with Crippen LogP contribution in [0, 0.1) is 5.92 Å². The molecule has 84 valence electrons. The molecule has 3 atom stereocenters. The van der Waals surface area contributed by atoms with Gasteiger partial charge in [-0.2, -0.15) is 0 Å². The van der Waals surface area contributed by atoms with Crippen molar-refractivity contribution in [3.63, 3.8) is 0 Å². The summed E-state index contributed by atoms with van der Waals surface area (Å²) in [5.41, 5.74) is 6.26. The lowest BCUT2D eigenvalue weighted by atomic mass is 9.91. The highest BCUT2D eigenvalue weighted by Gasteiger charge is 2.33. The Morgan fingerprint density at radius 1 is 1.73 bits per heavy atom. The van der Waals surface area contributed by atoms with E-state index in [1.54, 1.807) is 11.3 Å². The molecule has 1 saturated heterocycles. The minimum absolute atomic E-state index is 0.0324. The van der Waals surface area contributed by atoms with Crippen molar-refractivity contribution in [2.75, 3.05) is 6.61 Å². The van der Waals surface area contributed by atoms with E-state index in [9.17, 15) is 0 Å². The maximum atomic E-state index is 6.26. The standard InChI is InChI=1S/C11H16ClNOS/c1-2-9-7(3-5-14-9)10(13)11-8(12)4-6-15-11/h4,6-7,9-10H,2-3,5,13H2,1H3. The maximum Gasteiger partial charge on any atom is 0.0619 e. The van der Waals surface area contributed by atoms with Gasteiger partial charge in [0.1, 0.15) is 0 Å². The highest BCUT2D eigenvalue weighted by Crippen LogP contribution is 2.38. The predicted octanol–water partition coefficient (Wildman–Crippen LogP) is 3.22. The van der Waals surface area contributed by atoms with E-state index in [0.717, 1.165) is 29.3 Å². The quantitative estimate of drug-likeness (QED) is 0.888. The van der Waals surface area contributed by atoms with Crippen molar-refractivity contribution < 1.29 is 4.74 Å². The summed E-state index contributed by atoms with van der Waals surface area (Å²) in [5.74, 6) is 0.422. The lowest BCUT2D eigenvalue weighted by Gasteiger charge is -2.23. The Hall–Kier alpha value is -0.0900. The van der Waals surface area contributed by atoms with Crippen molar-refractivity contribution in [3.05, 3.63) is 21.3 Å². The molecule has 2 N–H and O–H groups in total. The van der Waals surface area contributed by atoms with Crippen LogP contribution in [-0.4, -0.2) is 12.7 Å². The lowest BCUT2D eigenvalue weighted by Crippen LogP contribution is -2.27. The summed E-state index contributed by atoms with van der Waals surface area (Å²) in [5, 5.41) is 2.79. The number of thiophene rings is 1. The molecule has 2 rings (SSSR count). The van der Waals surface area contributed by atoms with Crippen LogP contribution in [0.15, 0.2) is 11.4 Å². The first-order valence-corrected chi connectivity index (χ1v) is 6.60. The van der Waals surface area contributed by atoms with E-state index in [1.165, 1.54) is 0 Å². The smallest absolute Gasteiger partial charge is 0.0619 e. The van der Waals surface area contributed by atoms with Crippen molar-refractivity contribution in [2.24, 2.45) is 11.7 Å². The normalized spacial score (nSPS) is 28.2. The Bertz CT molecular complexity index is 328. The van der Waals surface area contributed by atoms with Crippen LogP contribution >= 0.6 is 22.9 Å². The van der Waals surface area contributed by atoms with Gasteiger partial charge in [-0.05, 0) is 24.3 Å². The van der Waals surface area contributed by atoms with Crippen LogP contribution in [0.5, 0.6) is 0 Å². The van der Waals surface area contributed by atoms with Crippen molar-refractivity contribution in [1.29, 1.82) is 0 Å². The van der Waals surface area contributed by atoms with E-state index >= 15 is 0 Å². The maximum absolute atomic E-state index is 6.26. The molecule has 1 aromatic heterocycles. The Balaban J connectivity index is 2.13. The fraction of sp³-hybridized carbons (Fsp3) is 0.636. The van der Waals surface area contributed by atoms with Crippen LogP contribution in [0.2, 0.25) is 5.02 Å². The minimum atomic E-state index is 0.0324. The zero-order valence-electron chi connectivity index (χ0n) is 8.78. The van der Waals surface area contributed by atoms with Gasteiger partial charge in [0.15, 0.2) is 0 Å². The SMILES string of the molecule is CCC1OCCC1C(N)c1sccc1Cl. The topological polar surface area (TPSA) is 35.2 Å². The predicted molar refractivity (Wildman–Crippen MR) is 64.4 cm³/mol. The third-order valence-corrected chi connectivity index (χ3v) is 4.53. The van der Waals surface area contributed by atoms with Gasteiger partial charge in [0.05, 0.1) is 11.1 Å². The molecule has 15 heavy (non-hydrogen) atoms. The zero-order valence-corrected chi connectivity index (χ0v) is 10.4. The van der Waals surface area contributed by atoms with Crippen molar-refractivity contribution >= 4 is 22.9 Å². The summed E-state index contributed by atoms with van der Waals surface area (Å²) in [4.78, 5) is 1.10. The Morgan fingerprint density at radius 3 is 3.13 bits per heavy atom. The highest BCUT2D eigenvalue weighted by molar-refractivity contribution is 7.10. The molecule has 0 spiro atoms. The molecule has 0 bridgehead atoms. The molecule has 0 aromatic carbocycles. The number of hydrogen-bond donors (Lipinski definition) is 1. The molecule has 2 nitrogen and oxygen atoms in total. The van der Waals surface area contributed by atoms with E-state index in [4.69, 9.17) is 22.1 Å². The van der Waals surface area contributed by atoms with Gasteiger partial charge in [-0.15, -0.1) is 11.3 Å². The summed E-state index contributed by atoms with van der Waals surface area (Å²) >= 11 is 7.74. The van der Waals surface area contributed by atoms with Crippen LogP contribution in [0.4, 0.5) is 0 Å². The average molecular weight is 246 g/mol. The highest BCUT2D eigenvalue weighted by atomic mass is 35.5. The second-order valence-corrected chi connectivity index (χ2v) is 5.28. The minimum Gasteiger partial charge on any atom is -0.378 e. The van der Waals surface area contributed by atoms with Crippen LogP contribution in [-0.2, 0) is 4.74 Å². The molecular weight excluding hydrogens is 230 g/mol. The van der Waals surface area contributed by atoms with Crippen LogP contribution < -0.4 is 5.73 Å². The van der Waals surface area contributed by atoms with Gasteiger partial charge in [-0.25, -0.2) is 0 Å². The molecule has 0 amide bonds. The second-order valence-electron chi connectivity index (χ2n) is 3.93. The van der Waals surface area contributed by atoms with Gasteiger partial charge < -0.3 is 10.5 Å². The van der Waals surface area contributed by atoms with Crippen LogP contribution in [0.3, 0.4) is 0 Å². The van der Waals surface area contributed by atoms with Gasteiger partial charge in [-0.1, -0.05) is 18.5 Å². The molecule has 1 aromatic rings. The van der Waals surface area contributed by atoms with Crippen LogP contribution in [0.1, 0.15) is 30.7 Å². The number of halogens is 1. The molecule has 0 saturated carbocycles. The van der Waals surface area contributed by atoms with Crippen molar-refractivity contribution in [3.8, 4) is 0 Å². The van der Waals surface area contributed by atoms with Gasteiger partial charge in [0.2, 0.25) is 0 Å². The van der Waals surface area contributed by atoms with Gasteiger partial charge in [-0.3, -0.25) is 0 Å². The molecular formula is C11H16ClNOS. The second kappa shape index (κ2) is 4.83. The molecule has 1 aliphatic rings. The van der Waals surface area contributed by atoms with Gasteiger partial charge >= 0.3 is 0 Å². The molecule has 1 aliphatic heterocycles. The molecule has 0 radical (unpaired) electrons. The first kappa shape index (κ1) is 11.4. The monoisotopic (exact) mass is 245 g/mol. The number of hydrogen-bond acceptors (Lipinski definition) is 3. The molecule has 4 heteroatoms. The average Bonchev–Trinajstić information content (AvgIpc) is 2.84.